The van der Waals surface area contributed by atoms with Crippen molar-refractivity contribution in [1.29, 1.82) is 0 Å². The molecule has 0 aromatic carbocycles. The van der Waals surface area contributed by atoms with Gasteiger partial charge in [0.15, 0.2) is 0 Å². The van der Waals surface area contributed by atoms with Crippen molar-refractivity contribution in [3.63, 3.8) is 0 Å². The van der Waals surface area contributed by atoms with Crippen molar-refractivity contribution in [2.24, 2.45) is 5.92 Å². The molecule has 1 aliphatic carbocycles. The molecule has 1 aromatic rings. The molecule has 0 radical (unpaired) electrons. The summed E-state index contributed by atoms with van der Waals surface area (Å²) in [6.07, 6.45) is 10.4. The molecule has 3 nitrogen and oxygen atoms in total. The molecule has 2 fully saturated rings. The summed E-state index contributed by atoms with van der Waals surface area (Å²) in [6.45, 7) is 5.30. The predicted molar refractivity (Wildman–Crippen MR) is 83.9 cm³/mol. The molecule has 3 heteroatoms. The maximum absolute atomic E-state index is 4.72. The highest BCUT2D eigenvalue weighted by Crippen LogP contribution is 2.37. The first-order chi connectivity index (χ1) is 9.90. The van der Waals surface area contributed by atoms with Crippen LogP contribution in [0.1, 0.15) is 51.0 Å². The van der Waals surface area contributed by atoms with E-state index < -0.39 is 0 Å². The first-order valence-corrected chi connectivity index (χ1v) is 8.31. The van der Waals surface area contributed by atoms with Crippen molar-refractivity contribution >= 4 is 5.82 Å². The van der Waals surface area contributed by atoms with Crippen molar-refractivity contribution in [3.05, 3.63) is 23.9 Å². The number of aromatic nitrogens is 1. The van der Waals surface area contributed by atoms with E-state index in [1.807, 2.05) is 6.20 Å². The molecule has 1 aromatic heterocycles. The van der Waals surface area contributed by atoms with Gasteiger partial charge in [0.05, 0.1) is 0 Å². The molecule has 1 unspecified atom stereocenters. The van der Waals surface area contributed by atoms with Gasteiger partial charge in [0.2, 0.25) is 0 Å². The first-order valence-electron chi connectivity index (χ1n) is 8.31. The van der Waals surface area contributed by atoms with Crippen LogP contribution in [0.2, 0.25) is 0 Å². The van der Waals surface area contributed by atoms with Crippen LogP contribution in [0.4, 0.5) is 5.82 Å². The number of pyridine rings is 1. The third kappa shape index (κ3) is 2.83. The van der Waals surface area contributed by atoms with E-state index in [-0.39, 0.29) is 0 Å². The molecule has 0 spiro atoms. The number of hydrogen-bond donors (Lipinski definition) is 1. The Hall–Kier alpha value is -1.09. The predicted octanol–water partition coefficient (Wildman–Crippen LogP) is 3.35. The largest absolute Gasteiger partial charge is 0.353 e. The number of rotatable bonds is 5. The van der Waals surface area contributed by atoms with Gasteiger partial charge in [-0.1, -0.05) is 25.8 Å². The lowest BCUT2D eigenvalue weighted by molar-refractivity contribution is 0.428. The minimum atomic E-state index is 0.743. The van der Waals surface area contributed by atoms with Crippen molar-refractivity contribution in [2.75, 3.05) is 18.0 Å². The molecule has 1 aliphatic heterocycles. The van der Waals surface area contributed by atoms with Crippen LogP contribution in [-0.2, 0) is 6.54 Å². The molecule has 2 aliphatic rings. The zero-order valence-corrected chi connectivity index (χ0v) is 12.6. The highest BCUT2D eigenvalue weighted by Gasteiger charge is 2.34. The fourth-order valence-corrected chi connectivity index (χ4v) is 3.97. The topological polar surface area (TPSA) is 28.2 Å². The summed E-state index contributed by atoms with van der Waals surface area (Å²) in [4.78, 5) is 7.33. The SMILES string of the molecule is CCNCc1cccnc1N1CCCC1C1CCCC1. The van der Waals surface area contributed by atoms with Crippen molar-refractivity contribution < 1.29 is 0 Å². The molecule has 1 saturated heterocycles. The van der Waals surface area contributed by atoms with Crippen LogP contribution in [-0.4, -0.2) is 24.1 Å². The van der Waals surface area contributed by atoms with Crippen LogP contribution in [0.3, 0.4) is 0 Å². The Morgan fingerprint density at radius 2 is 2.10 bits per heavy atom. The fraction of sp³-hybridized carbons (Fsp3) is 0.706. The lowest BCUT2D eigenvalue weighted by Gasteiger charge is -2.31. The Labute approximate surface area is 122 Å². The Morgan fingerprint density at radius 1 is 1.25 bits per heavy atom. The first kappa shape index (κ1) is 13.9. The molecule has 3 rings (SSSR count). The van der Waals surface area contributed by atoms with Crippen LogP contribution >= 0.6 is 0 Å². The standard InChI is InChI=1S/C17H27N3/c1-2-18-13-15-9-5-11-19-17(15)20-12-6-10-16(20)14-7-3-4-8-14/h5,9,11,14,16,18H,2-4,6-8,10,12-13H2,1H3. The van der Waals surface area contributed by atoms with E-state index in [0.717, 1.165) is 25.0 Å². The molecular weight excluding hydrogens is 246 g/mol. The maximum atomic E-state index is 4.72. The van der Waals surface area contributed by atoms with Gasteiger partial charge in [-0.2, -0.15) is 0 Å². The van der Waals surface area contributed by atoms with E-state index in [4.69, 9.17) is 4.98 Å². The van der Waals surface area contributed by atoms with Gasteiger partial charge < -0.3 is 10.2 Å². The van der Waals surface area contributed by atoms with Gasteiger partial charge in [-0.05, 0) is 44.2 Å². The second kappa shape index (κ2) is 6.57. The fourth-order valence-electron chi connectivity index (χ4n) is 3.97. The summed E-state index contributed by atoms with van der Waals surface area (Å²) in [5.41, 5.74) is 1.36. The third-order valence-corrected chi connectivity index (χ3v) is 4.95. The molecule has 110 valence electrons. The van der Waals surface area contributed by atoms with Crippen LogP contribution in [0.5, 0.6) is 0 Å². The van der Waals surface area contributed by atoms with Gasteiger partial charge in [-0.25, -0.2) is 4.98 Å². The van der Waals surface area contributed by atoms with Gasteiger partial charge >= 0.3 is 0 Å². The maximum Gasteiger partial charge on any atom is 0.133 e. The van der Waals surface area contributed by atoms with E-state index in [1.54, 1.807) is 0 Å². The van der Waals surface area contributed by atoms with Crippen LogP contribution in [0.25, 0.3) is 0 Å². The Kier molecular flexibility index (Phi) is 4.56. The normalized spacial score (nSPS) is 23.6. The van der Waals surface area contributed by atoms with Crippen molar-refractivity contribution in [1.82, 2.24) is 10.3 Å². The number of hydrogen-bond acceptors (Lipinski definition) is 3. The summed E-state index contributed by atoms with van der Waals surface area (Å²) in [7, 11) is 0. The van der Waals surface area contributed by atoms with E-state index in [9.17, 15) is 0 Å². The number of anilines is 1. The quantitative estimate of drug-likeness (QED) is 0.891. The van der Waals surface area contributed by atoms with E-state index in [2.05, 4.69) is 29.3 Å². The summed E-state index contributed by atoms with van der Waals surface area (Å²) in [5, 5.41) is 3.45. The zero-order chi connectivity index (χ0) is 13.8. The highest BCUT2D eigenvalue weighted by atomic mass is 15.2. The minimum absolute atomic E-state index is 0.743. The van der Waals surface area contributed by atoms with Crippen molar-refractivity contribution in [2.45, 2.75) is 58.0 Å². The molecule has 20 heavy (non-hydrogen) atoms. The zero-order valence-electron chi connectivity index (χ0n) is 12.6. The summed E-state index contributed by atoms with van der Waals surface area (Å²) in [5.74, 6) is 2.15. The van der Waals surface area contributed by atoms with Gasteiger partial charge in [-0.15, -0.1) is 0 Å². The van der Waals surface area contributed by atoms with Crippen LogP contribution in [0.15, 0.2) is 18.3 Å². The lowest BCUT2D eigenvalue weighted by Crippen LogP contribution is -2.36. The molecule has 0 bridgehead atoms. The molecule has 1 N–H and O–H groups in total. The average Bonchev–Trinajstić information content (AvgIpc) is 3.15. The Balaban J connectivity index is 1.79. The Morgan fingerprint density at radius 3 is 2.90 bits per heavy atom. The molecule has 2 heterocycles. The Bertz CT molecular complexity index is 426. The van der Waals surface area contributed by atoms with E-state index in [0.29, 0.717) is 0 Å². The monoisotopic (exact) mass is 273 g/mol. The van der Waals surface area contributed by atoms with Crippen LogP contribution in [0, 0.1) is 5.92 Å². The van der Waals surface area contributed by atoms with Gasteiger partial charge in [-0.3, -0.25) is 0 Å². The van der Waals surface area contributed by atoms with Gasteiger partial charge in [0.1, 0.15) is 5.82 Å². The second-order valence-electron chi connectivity index (χ2n) is 6.21. The number of nitrogens with zero attached hydrogens (tertiary/aromatic N) is 2. The third-order valence-electron chi connectivity index (χ3n) is 4.95. The minimum Gasteiger partial charge on any atom is -0.353 e. The molecule has 1 saturated carbocycles. The van der Waals surface area contributed by atoms with Gasteiger partial charge in [0, 0.05) is 30.9 Å². The second-order valence-corrected chi connectivity index (χ2v) is 6.21. The number of nitrogens with one attached hydrogen (secondary N) is 1. The summed E-state index contributed by atoms with van der Waals surface area (Å²) >= 11 is 0. The summed E-state index contributed by atoms with van der Waals surface area (Å²) in [6, 6.07) is 5.04. The van der Waals surface area contributed by atoms with Crippen LogP contribution < -0.4 is 10.2 Å². The molecule has 0 amide bonds. The lowest BCUT2D eigenvalue weighted by atomic mass is 9.96. The van der Waals surface area contributed by atoms with Crippen molar-refractivity contribution in [3.8, 4) is 0 Å². The smallest absolute Gasteiger partial charge is 0.133 e. The molecule has 1 atom stereocenters. The van der Waals surface area contributed by atoms with E-state index >= 15 is 0 Å². The highest BCUT2D eigenvalue weighted by molar-refractivity contribution is 5.49. The summed E-state index contributed by atoms with van der Waals surface area (Å²) < 4.78 is 0. The van der Waals surface area contributed by atoms with E-state index in [1.165, 1.54) is 56.5 Å². The molecular formula is C17H27N3. The average molecular weight is 273 g/mol. The van der Waals surface area contributed by atoms with Gasteiger partial charge in [0.25, 0.3) is 0 Å².